The Kier molecular flexibility index (Phi) is 4.31. The second-order valence-electron chi connectivity index (χ2n) is 5.38. The summed E-state index contributed by atoms with van der Waals surface area (Å²) in [4.78, 5) is 12.9. The van der Waals surface area contributed by atoms with Crippen LogP contribution in [0.5, 0.6) is 0 Å². The smallest absolute Gasteiger partial charge is 0.223 e. The van der Waals surface area contributed by atoms with Gasteiger partial charge in [0, 0.05) is 17.3 Å². The molecule has 1 aliphatic rings. The summed E-state index contributed by atoms with van der Waals surface area (Å²) in [6, 6.07) is 12.0. The summed E-state index contributed by atoms with van der Waals surface area (Å²) in [6.45, 7) is 0.118. The average molecular weight is 335 g/mol. The predicted molar refractivity (Wildman–Crippen MR) is 86.4 cm³/mol. The number of sulfone groups is 1. The minimum atomic E-state index is -3.53. The van der Waals surface area contributed by atoms with Gasteiger partial charge < -0.3 is 5.32 Å². The average Bonchev–Trinajstić information content (AvgIpc) is 3.25. The molecule has 1 heterocycles. The molecule has 116 valence electrons. The molecule has 1 N–H and O–H groups in total. The molecule has 3 rings (SSSR count). The third kappa shape index (κ3) is 3.23. The third-order valence-electron chi connectivity index (χ3n) is 3.72. The molecule has 1 aromatic heterocycles. The monoisotopic (exact) mass is 335 g/mol. The van der Waals surface area contributed by atoms with Gasteiger partial charge in [0.25, 0.3) is 0 Å². The van der Waals surface area contributed by atoms with E-state index in [0.29, 0.717) is 0 Å². The Morgan fingerprint density at radius 1 is 1.18 bits per heavy atom. The topological polar surface area (TPSA) is 63.2 Å². The number of carbonyl (C=O) groups is 1. The fourth-order valence-electron chi connectivity index (χ4n) is 2.30. The van der Waals surface area contributed by atoms with E-state index in [9.17, 15) is 13.2 Å². The van der Waals surface area contributed by atoms with Gasteiger partial charge in [-0.25, -0.2) is 8.42 Å². The molecule has 1 amide bonds. The van der Waals surface area contributed by atoms with E-state index in [1.807, 2.05) is 11.4 Å². The van der Waals surface area contributed by atoms with E-state index in [-0.39, 0.29) is 23.3 Å². The zero-order valence-corrected chi connectivity index (χ0v) is 13.6. The minimum absolute atomic E-state index is 0.0372. The molecule has 6 heteroatoms. The van der Waals surface area contributed by atoms with Crippen molar-refractivity contribution in [1.82, 2.24) is 5.32 Å². The lowest BCUT2D eigenvalue weighted by Crippen LogP contribution is -2.32. The number of carbonyl (C=O) groups excluding carboxylic acids is 1. The molecule has 1 atom stereocenters. The SMILES string of the molecule is O=C(NC[C@@H](c1cccs1)S(=O)(=O)c1ccccc1)C1CC1. The van der Waals surface area contributed by atoms with Gasteiger partial charge in [-0.05, 0) is 36.4 Å². The molecule has 1 aliphatic carbocycles. The van der Waals surface area contributed by atoms with Gasteiger partial charge in [-0.1, -0.05) is 24.3 Å². The van der Waals surface area contributed by atoms with Crippen LogP contribution in [0.3, 0.4) is 0 Å². The summed E-state index contributed by atoms with van der Waals surface area (Å²) in [5, 5.41) is 3.91. The zero-order valence-electron chi connectivity index (χ0n) is 11.9. The van der Waals surface area contributed by atoms with Crippen molar-refractivity contribution >= 4 is 27.1 Å². The number of hydrogen-bond donors (Lipinski definition) is 1. The van der Waals surface area contributed by atoms with Crippen molar-refractivity contribution in [3.8, 4) is 0 Å². The van der Waals surface area contributed by atoms with E-state index < -0.39 is 15.1 Å². The van der Waals surface area contributed by atoms with Gasteiger partial charge in [0.15, 0.2) is 9.84 Å². The lowest BCUT2D eigenvalue weighted by Gasteiger charge is -2.17. The third-order valence-corrected chi connectivity index (χ3v) is 6.95. The summed E-state index contributed by atoms with van der Waals surface area (Å²) in [7, 11) is -3.53. The molecule has 0 spiro atoms. The second kappa shape index (κ2) is 6.22. The van der Waals surface area contributed by atoms with E-state index in [1.165, 1.54) is 11.3 Å². The molecule has 0 radical (unpaired) electrons. The van der Waals surface area contributed by atoms with Crippen LogP contribution < -0.4 is 5.32 Å². The first kappa shape index (κ1) is 15.2. The van der Waals surface area contributed by atoms with Crippen LogP contribution in [0.4, 0.5) is 0 Å². The second-order valence-corrected chi connectivity index (χ2v) is 8.49. The lowest BCUT2D eigenvalue weighted by atomic mass is 10.3. The molecule has 0 unspecified atom stereocenters. The molecular weight excluding hydrogens is 318 g/mol. The summed E-state index contributed by atoms with van der Waals surface area (Å²) in [6.07, 6.45) is 1.81. The summed E-state index contributed by atoms with van der Waals surface area (Å²) >= 11 is 1.40. The van der Waals surface area contributed by atoms with Gasteiger partial charge in [-0.3, -0.25) is 4.79 Å². The first-order valence-corrected chi connectivity index (χ1v) is 9.61. The van der Waals surface area contributed by atoms with Crippen LogP contribution in [0.25, 0.3) is 0 Å². The van der Waals surface area contributed by atoms with Crippen molar-refractivity contribution in [2.45, 2.75) is 23.0 Å². The van der Waals surface area contributed by atoms with E-state index in [4.69, 9.17) is 0 Å². The first-order chi connectivity index (χ1) is 10.6. The molecule has 22 heavy (non-hydrogen) atoms. The maximum Gasteiger partial charge on any atom is 0.223 e. The van der Waals surface area contributed by atoms with E-state index in [1.54, 1.807) is 36.4 Å². The number of benzene rings is 1. The highest BCUT2D eigenvalue weighted by Gasteiger charge is 2.33. The number of hydrogen-bond acceptors (Lipinski definition) is 4. The van der Waals surface area contributed by atoms with Gasteiger partial charge in [0.2, 0.25) is 5.91 Å². The molecule has 0 aliphatic heterocycles. The Hall–Kier alpha value is -1.66. The molecule has 1 aromatic carbocycles. The van der Waals surface area contributed by atoms with Crippen LogP contribution in [-0.2, 0) is 14.6 Å². The highest BCUT2D eigenvalue weighted by atomic mass is 32.2. The fraction of sp³-hybridized carbons (Fsp3) is 0.312. The minimum Gasteiger partial charge on any atom is -0.354 e. The van der Waals surface area contributed by atoms with Crippen molar-refractivity contribution in [3.05, 3.63) is 52.7 Å². The summed E-state index contributed by atoms with van der Waals surface area (Å²) < 4.78 is 25.8. The summed E-state index contributed by atoms with van der Waals surface area (Å²) in [5.74, 6) is 0.0354. The zero-order chi connectivity index (χ0) is 15.6. The van der Waals surface area contributed by atoms with Crippen molar-refractivity contribution < 1.29 is 13.2 Å². The first-order valence-electron chi connectivity index (χ1n) is 7.19. The number of thiophene rings is 1. The molecule has 2 aromatic rings. The lowest BCUT2D eigenvalue weighted by molar-refractivity contribution is -0.122. The molecule has 1 fully saturated rings. The molecule has 0 saturated heterocycles. The summed E-state index contributed by atoms with van der Waals surface area (Å²) in [5.41, 5.74) is 0. The van der Waals surface area contributed by atoms with Crippen molar-refractivity contribution in [2.75, 3.05) is 6.54 Å². The fourth-order valence-corrected chi connectivity index (χ4v) is 5.10. The van der Waals surface area contributed by atoms with Crippen LogP contribution >= 0.6 is 11.3 Å². The Balaban J connectivity index is 1.86. The maximum absolute atomic E-state index is 12.9. The standard InChI is InChI=1S/C16H17NO3S2/c18-16(12-8-9-12)17-11-15(14-7-4-10-21-14)22(19,20)13-5-2-1-3-6-13/h1-7,10,12,15H,8-9,11H2,(H,17,18)/t15-/m0/s1. The maximum atomic E-state index is 12.9. The predicted octanol–water partition coefficient (Wildman–Crippen LogP) is 2.79. The number of amides is 1. The normalized spacial score (nSPS) is 16.2. The van der Waals surface area contributed by atoms with Crippen molar-refractivity contribution in [1.29, 1.82) is 0 Å². The van der Waals surface area contributed by atoms with Crippen molar-refractivity contribution in [3.63, 3.8) is 0 Å². The van der Waals surface area contributed by atoms with Crippen LogP contribution in [0.2, 0.25) is 0 Å². The quantitative estimate of drug-likeness (QED) is 0.883. The Morgan fingerprint density at radius 3 is 2.50 bits per heavy atom. The molecule has 4 nitrogen and oxygen atoms in total. The van der Waals surface area contributed by atoms with Gasteiger partial charge in [-0.15, -0.1) is 11.3 Å². The molecule has 1 saturated carbocycles. The highest BCUT2D eigenvalue weighted by Crippen LogP contribution is 2.32. The van der Waals surface area contributed by atoms with E-state index >= 15 is 0 Å². The number of nitrogens with one attached hydrogen (secondary N) is 1. The Labute approximate surface area is 134 Å². The Morgan fingerprint density at radius 2 is 1.91 bits per heavy atom. The van der Waals surface area contributed by atoms with Crippen LogP contribution in [0.15, 0.2) is 52.7 Å². The highest BCUT2D eigenvalue weighted by molar-refractivity contribution is 7.91. The molecule has 0 bridgehead atoms. The van der Waals surface area contributed by atoms with Crippen molar-refractivity contribution in [2.24, 2.45) is 5.92 Å². The van der Waals surface area contributed by atoms with Gasteiger partial charge in [0.1, 0.15) is 5.25 Å². The van der Waals surface area contributed by atoms with E-state index in [2.05, 4.69) is 5.32 Å². The van der Waals surface area contributed by atoms with Crippen LogP contribution in [-0.4, -0.2) is 20.9 Å². The number of rotatable bonds is 6. The van der Waals surface area contributed by atoms with Gasteiger partial charge in [0.05, 0.1) is 4.90 Å². The molecular formula is C16H17NO3S2. The Bertz CT molecular complexity index is 735. The van der Waals surface area contributed by atoms with E-state index in [0.717, 1.165) is 17.7 Å². The van der Waals surface area contributed by atoms with Gasteiger partial charge >= 0.3 is 0 Å². The largest absolute Gasteiger partial charge is 0.354 e. The van der Waals surface area contributed by atoms with Crippen LogP contribution in [0.1, 0.15) is 23.0 Å². The van der Waals surface area contributed by atoms with Gasteiger partial charge in [-0.2, -0.15) is 0 Å². The van der Waals surface area contributed by atoms with Crippen LogP contribution in [0, 0.1) is 5.92 Å².